The second-order valence-electron chi connectivity index (χ2n) is 8.92. The van der Waals surface area contributed by atoms with Gasteiger partial charge in [-0.3, -0.25) is 4.79 Å². The first-order valence-electron chi connectivity index (χ1n) is 10.3. The number of likely N-dealkylation sites (N-methyl/N-ethyl adjacent to an activating group) is 1. The van der Waals surface area contributed by atoms with Crippen molar-refractivity contribution >= 4 is 28.2 Å². The van der Waals surface area contributed by atoms with Crippen LogP contribution in [0.3, 0.4) is 0 Å². The van der Waals surface area contributed by atoms with Crippen molar-refractivity contribution in [3.8, 4) is 0 Å². The fourth-order valence-electron chi connectivity index (χ4n) is 4.21. The highest BCUT2D eigenvalue weighted by Gasteiger charge is 2.42. The van der Waals surface area contributed by atoms with Crippen molar-refractivity contribution in [2.45, 2.75) is 52.0 Å². The van der Waals surface area contributed by atoms with Crippen LogP contribution in [0.5, 0.6) is 0 Å². The number of nitrogens with zero attached hydrogens (tertiary/aromatic N) is 3. The Kier molecular flexibility index (Phi) is 4.76. The van der Waals surface area contributed by atoms with E-state index in [1.807, 2.05) is 45.9 Å². The van der Waals surface area contributed by atoms with Crippen LogP contribution in [0.1, 0.15) is 56.1 Å². The summed E-state index contributed by atoms with van der Waals surface area (Å²) in [5.41, 5.74) is 2.66. The van der Waals surface area contributed by atoms with Crippen LogP contribution in [-0.2, 0) is 16.1 Å². The summed E-state index contributed by atoms with van der Waals surface area (Å²) >= 11 is 0. The molecule has 0 unspecified atom stereocenters. The number of amides is 1. The smallest absolute Gasteiger partial charge is 0.270 e. The Balaban J connectivity index is 1.78. The summed E-state index contributed by atoms with van der Waals surface area (Å²) in [4.78, 5) is 14.4. The van der Waals surface area contributed by atoms with Gasteiger partial charge in [-0.15, -0.1) is 5.10 Å². The molecule has 1 amide bonds. The highest BCUT2D eigenvalue weighted by molar-refractivity contribution is 6.10. The summed E-state index contributed by atoms with van der Waals surface area (Å²) in [5, 5.41) is 13.7. The van der Waals surface area contributed by atoms with Gasteiger partial charge in [0.25, 0.3) is 5.92 Å². The van der Waals surface area contributed by atoms with Crippen LogP contribution in [0, 0.1) is 6.92 Å². The maximum Gasteiger partial charge on any atom is 0.270 e. The summed E-state index contributed by atoms with van der Waals surface area (Å²) in [6, 6.07) is 10.1. The van der Waals surface area contributed by atoms with Crippen LogP contribution in [0.2, 0.25) is 0 Å². The van der Waals surface area contributed by atoms with Gasteiger partial charge in [0.05, 0.1) is 17.2 Å². The Morgan fingerprint density at radius 1 is 1.13 bits per heavy atom. The van der Waals surface area contributed by atoms with Crippen LogP contribution in [0.25, 0.3) is 10.8 Å². The Hall–Kier alpha value is -3.09. The fraction of sp³-hybridized carbons (Fsp3) is 0.375. The zero-order valence-corrected chi connectivity index (χ0v) is 18.5. The molecule has 1 aliphatic rings. The van der Waals surface area contributed by atoms with Crippen LogP contribution in [0.15, 0.2) is 36.4 Å². The number of fused-ring (bicyclic) bond motifs is 2. The standard InChI is InChI=1S/C24H26F2N4O/c1-13(15-8-7-9-16(10-15)24(5,25)26)27-21-18-12-20-19(11-17(18)14(2)28-29-21)23(3,4)22(31)30(20)6/h7-13H,1-6H3,(H,27,29)/t13-/m1/s1. The van der Waals surface area contributed by atoms with Crippen molar-refractivity contribution in [3.05, 3.63) is 58.8 Å². The van der Waals surface area contributed by atoms with E-state index < -0.39 is 11.3 Å². The van der Waals surface area contributed by atoms with Crippen LogP contribution in [0.4, 0.5) is 20.3 Å². The molecule has 2 aromatic carbocycles. The Morgan fingerprint density at radius 3 is 2.52 bits per heavy atom. The maximum atomic E-state index is 13.8. The maximum absolute atomic E-state index is 13.8. The third-order valence-electron chi connectivity index (χ3n) is 6.20. The van der Waals surface area contributed by atoms with Gasteiger partial charge in [-0.05, 0) is 57.0 Å². The average Bonchev–Trinajstić information content (AvgIpc) is 2.88. The third kappa shape index (κ3) is 3.42. The highest BCUT2D eigenvalue weighted by atomic mass is 19.3. The van der Waals surface area contributed by atoms with E-state index in [1.54, 1.807) is 18.0 Å². The van der Waals surface area contributed by atoms with Crippen molar-refractivity contribution in [2.75, 3.05) is 17.3 Å². The molecule has 1 aromatic heterocycles. The number of alkyl halides is 2. The van der Waals surface area contributed by atoms with Crippen molar-refractivity contribution in [1.82, 2.24) is 10.2 Å². The van der Waals surface area contributed by atoms with E-state index >= 15 is 0 Å². The largest absolute Gasteiger partial charge is 0.362 e. The Labute approximate surface area is 180 Å². The zero-order valence-electron chi connectivity index (χ0n) is 18.5. The van der Waals surface area contributed by atoms with Crippen LogP contribution < -0.4 is 10.2 Å². The molecule has 5 nitrogen and oxygen atoms in total. The van der Waals surface area contributed by atoms with Gasteiger partial charge in [-0.25, -0.2) is 8.78 Å². The molecule has 0 spiro atoms. The van der Waals surface area contributed by atoms with Crippen LogP contribution in [-0.4, -0.2) is 23.2 Å². The number of carbonyl (C=O) groups excluding carboxylic acids is 1. The van der Waals surface area contributed by atoms with E-state index in [1.165, 1.54) is 12.1 Å². The molecule has 3 aromatic rings. The number of nitrogens with one attached hydrogen (secondary N) is 1. The van der Waals surface area contributed by atoms with Gasteiger partial charge in [0.2, 0.25) is 5.91 Å². The zero-order chi connectivity index (χ0) is 22.7. The molecule has 162 valence electrons. The molecule has 2 heterocycles. The summed E-state index contributed by atoms with van der Waals surface area (Å²) in [6.07, 6.45) is 0. The van der Waals surface area contributed by atoms with Gasteiger partial charge in [0.1, 0.15) is 0 Å². The first-order valence-corrected chi connectivity index (χ1v) is 10.3. The minimum absolute atomic E-state index is 0.0290. The van der Waals surface area contributed by atoms with E-state index in [9.17, 15) is 13.6 Å². The number of anilines is 2. The van der Waals surface area contributed by atoms with Gasteiger partial charge in [0, 0.05) is 36.0 Å². The second-order valence-corrected chi connectivity index (χ2v) is 8.92. The topological polar surface area (TPSA) is 58.1 Å². The number of hydrogen-bond donors (Lipinski definition) is 1. The van der Waals surface area contributed by atoms with Crippen molar-refractivity contribution in [1.29, 1.82) is 0 Å². The first kappa shape index (κ1) is 21.2. The summed E-state index contributed by atoms with van der Waals surface area (Å²) in [5.74, 6) is -2.32. The molecule has 0 radical (unpaired) electrons. The molecule has 1 atom stereocenters. The molecule has 0 saturated heterocycles. The van der Waals surface area contributed by atoms with Gasteiger partial charge < -0.3 is 10.2 Å². The lowest BCUT2D eigenvalue weighted by atomic mass is 9.85. The number of rotatable bonds is 4. The quantitative estimate of drug-likeness (QED) is 0.603. The molecule has 0 fully saturated rings. The predicted molar refractivity (Wildman–Crippen MR) is 119 cm³/mol. The van der Waals surface area contributed by atoms with E-state index in [4.69, 9.17) is 0 Å². The number of benzene rings is 2. The highest BCUT2D eigenvalue weighted by Crippen LogP contribution is 2.44. The van der Waals surface area contributed by atoms with Gasteiger partial charge in [-0.1, -0.05) is 18.2 Å². The molecule has 1 aliphatic heterocycles. The van der Waals surface area contributed by atoms with Crippen LogP contribution >= 0.6 is 0 Å². The molecule has 0 bridgehead atoms. The van der Waals surface area contributed by atoms with Crippen molar-refractivity contribution < 1.29 is 13.6 Å². The molecule has 7 heteroatoms. The molecule has 4 rings (SSSR count). The summed E-state index contributed by atoms with van der Waals surface area (Å²) < 4.78 is 27.5. The molecule has 1 N–H and O–H groups in total. The van der Waals surface area contributed by atoms with E-state index in [0.29, 0.717) is 5.82 Å². The first-order chi connectivity index (χ1) is 14.4. The number of aromatic nitrogens is 2. The van der Waals surface area contributed by atoms with E-state index in [2.05, 4.69) is 15.5 Å². The van der Waals surface area contributed by atoms with Gasteiger partial charge in [0.15, 0.2) is 5.82 Å². The average molecular weight is 424 g/mol. The van der Waals surface area contributed by atoms with E-state index in [0.717, 1.165) is 40.2 Å². The van der Waals surface area contributed by atoms with E-state index in [-0.39, 0.29) is 17.5 Å². The number of hydrogen-bond acceptors (Lipinski definition) is 4. The molecule has 31 heavy (non-hydrogen) atoms. The lowest BCUT2D eigenvalue weighted by Gasteiger charge is -2.20. The lowest BCUT2D eigenvalue weighted by molar-refractivity contribution is -0.121. The molecular formula is C24H26F2N4O. The third-order valence-corrected chi connectivity index (χ3v) is 6.20. The number of carbonyl (C=O) groups is 1. The predicted octanol–water partition coefficient (Wildman–Crippen LogP) is 5.48. The van der Waals surface area contributed by atoms with Gasteiger partial charge >= 0.3 is 0 Å². The lowest BCUT2D eigenvalue weighted by Crippen LogP contribution is -2.33. The number of halogens is 2. The second kappa shape index (κ2) is 6.97. The van der Waals surface area contributed by atoms with Crippen molar-refractivity contribution in [2.24, 2.45) is 0 Å². The Bertz CT molecular complexity index is 1200. The van der Waals surface area contributed by atoms with Crippen molar-refractivity contribution in [3.63, 3.8) is 0 Å². The summed E-state index contributed by atoms with van der Waals surface area (Å²) in [6.45, 7) is 8.51. The minimum atomic E-state index is -2.91. The van der Waals surface area contributed by atoms with Gasteiger partial charge in [-0.2, -0.15) is 5.10 Å². The summed E-state index contributed by atoms with van der Waals surface area (Å²) in [7, 11) is 1.77. The molecular weight excluding hydrogens is 398 g/mol. The normalized spacial score (nSPS) is 16.5. The monoisotopic (exact) mass is 424 g/mol. The molecule has 0 saturated carbocycles. The number of aryl methyl sites for hydroxylation is 1. The SMILES string of the molecule is Cc1nnc(N[C@H](C)c2cccc(C(C)(F)F)c2)c2cc3c(cc12)C(C)(C)C(=O)N3C. The molecule has 0 aliphatic carbocycles. The Morgan fingerprint density at radius 2 is 1.84 bits per heavy atom. The fourth-order valence-corrected chi connectivity index (χ4v) is 4.21. The minimum Gasteiger partial charge on any atom is -0.362 e.